The van der Waals surface area contributed by atoms with E-state index in [2.05, 4.69) is 15.0 Å². The van der Waals surface area contributed by atoms with Crippen LogP contribution in [0, 0.1) is 0 Å². The molecule has 0 aromatic carbocycles. The first-order valence-corrected chi connectivity index (χ1v) is 7.37. The molecular formula is C15H16FN5O2. The number of ether oxygens (including phenoxy) is 1. The van der Waals surface area contributed by atoms with E-state index in [0.29, 0.717) is 35.1 Å². The summed E-state index contributed by atoms with van der Waals surface area (Å²) in [6.45, 7) is 0.109. The predicted molar refractivity (Wildman–Crippen MR) is 82.4 cm³/mol. The number of pyridine rings is 2. The molecule has 3 N–H and O–H groups in total. The van der Waals surface area contributed by atoms with Crippen molar-refractivity contribution in [2.75, 3.05) is 18.9 Å². The Kier molecular flexibility index (Phi) is 3.17. The second-order valence-electron chi connectivity index (χ2n) is 5.84. The van der Waals surface area contributed by atoms with Crippen molar-refractivity contribution in [2.45, 2.75) is 25.2 Å². The SMILES string of the molecule is Nc1nc2cccnc2c2c1nc(CF)n2CC1(O)CCOC1. The summed E-state index contributed by atoms with van der Waals surface area (Å²) in [5, 5.41) is 10.6. The van der Waals surface area contributed by atoms with E-state index in [1.54, 1.807) is 22.9 Å². The maximum atomic E-state index is 13.5. The molecule has 1 saturated heterocycles. The van der Waals surface area contributed by atoms with Gasteiger partial charge in [0.2, 0.25) is 0 Å². The van der Waals surface area contributed by atoms with Crippen LogP contribution in [0.4, 0.5) is 10.2 Å². The molecular weight excluding hydrogens is 301 g/mol. The van der Waals surface area contributed by atoms with Crippen LogP contribution in [0.3, 0.4) is 0 Å². The largest absolute Gasteiger partial charge is 0.386 e. The molecule has 0 saturated carbocycles. The third-order valence-electron chi connectivity index (χ3n) is 4.20. The van der Waals surface area contributed by atoms with E-state index in [0.717, 1.165) is 0 Å². The number of nitrogen functional groups attached to an aromatic ring is 1. The molecule has 1 fully saturated rings. The fraction of sp³-hybridized carbons (Fsp3) is 0.400. The summed E-state index contributed by atoms with van der Waals surface area (Å²) < 4.78 is 20.4. The third-order valence-corrected chi connectivity index (χ3v) is 4.20. The van der Waals surface area contributed by atoms with E-state index in [4.69, 9.17) is 10.5 Å². The van der Waals surface area contributed by atoms with Gasteiger partial charge < -0.3 is 20.1 Å². The lowest BCUT2D eigenvalue weighted by molar-refractivity contribution is 0.0118. The Hall–Kier alpha value is -2.32. The van der Waals surface area contributed by atoms with E-state index >= 15 is 0 Å². The molecule has 1 aliphatic rings. The highest BCUT2D eigenvalue weighted by atomic mass is 19.1. The van der Waals surface area contributed by atoms with Gasteiger partial charge in [0.15, 0.2) is 5.82 Å². The summed E-state index contributed by atoms with van der Waals surface area (Å²) in [4.78, 5) is 12.9. The van der Waals surface area contributed by atoms with Crippen LogP contribution in [0.5, 0.6) is 0 Å². The summed E-state index contributed by atoms with van der Waals surface area (Å²) in [6, 6.07) is 3.55. The van der Waals surface area contributed by atoms with Crippen molar-refractivity contribution < 1.29 is 14.2 Å². The Labute approximate surface area is 130 Å². The summed E-state index contributed by atoms with van der Waals surface area (Å²) in [5.41, 5.74) is 7.14. The lowest BCUT2D eigenvalue weighted by Gasteiger charge is -2.22. The first-order valence-electron chi connectivity index (χ1n) is 7.37. The van der Waals surface area contributed by atoms with Gasteiger partial charge in [0, 0.05) is 19.2 Å². The van der Waals surface area contributed by atoms with Crippen LogP contribution >= 0.6 is 0 Å². The van der Waals surface area contributed by atoms with Crippen LogP contribution in [0.15, 0.2) is 18.3 Å². The molecule has 4 rings (SSSR count). The van der Waals surface area contributed by atoms with Crippen LogP contribution in [-0.2, 0) is 18.0 Å². The van der Waals surface area contributed by atoms with E-state index in [9.17, 15) is 9.50 Å². The number of rotatable bonds is 3. The average molecular weight is 317 g/mol. The van der Waals surface area contributed by atoms with Gasteiger partial charge in [-0.15, -0.1) is 0 Å². The second kappa shape index (κ2) is 5.10. The lowest BCUT2D eigenvalue weighted by Crippen LogP contribution is -2.35. The monoisotopic (exact) mass is 317 g/mol. The summed E-state index contributed by atoms with van der Waals surface area (Å²) in [6.07, 6.45) is 2.13. The van der Waals surface area contributed by atoms with Crippen molar-refractivity contribution in [2.24, 2.45) is 0 Å². The topological polar surface area (TPSA) is 99.1 Å². The molecule has 1 unspecified atom stereocenters. The molecule has 3 aromatic heterocycles. The van der Waals surface area contributed by atoms with Crippen molar-refractivity contribution in [3.63, 3.8) is 0 Å². The number of anilines is 1. The molecule has 0 amide bonds. The molecule has 0 bridgehead atoms. The number of halogens is 1. The molecule has 1 atom stereocenters. The van der Waals surface area contributed by atoms with Gasteiger partial charge in [-0.3, -0.25) is 4.98 Å². The summed E-state index contributed by atoms with van der Waals surface area (Å²) >= 11 is 0. The zero-order chi connectivity index (χ0) is 16.0. The number of imidazole rings is 1. The van der Waals surface area contributed by atoms with Gasteiger partial charge in [-0.05, 0) is 12.1 Å². The average Bonchev–Trinajstić information content (AvgIpc) is 3.13. The Morgan fingerprint density at radius 2 is 2.26 bits per heavy atom. The first kappa shape index (κ1) is 14.3. The van der Waals surface area contributed by atoms with Crippen LogP contribution in [0.25, 0.3) is 22.1 Å². The third kappa shape index (κ3) is 2.22. The minimum absolute atomic E-state index is 0.178. The molecule has 0 radical (unpaired) electrons. The molecule has 4 heterocycles. The quantitative estimate of drug-likeness (QED) is 0.752. The maximum Gasteiger partial charge on any atom is 0.152 e. The minimum Gasteiger partial charge on any atom is -0.386 e. The van der Waals surface area contributed by atoms with Crippen molar-refractivity contribution >= 4 is 27.9 Å². The minimum atomic E-state index is -1.04. The van der Waals surface area contributed by atoms with Gasteiger partial charge in [0.05, 0.1) is 18.7 Å². The van der Waals surface area contributed by atoms with Crippen LogP contribution in [0.1, 0.15) is 12.2 Å². The fourth-order valence-electron chi connectivity index (χ4n) is 3.06. The van der Waals surface area contributed by atoms with Crippen LogP contribution < -0.4 is 5.73 Å². The molecule has 0 aliphatic carbocycles. The van der Waals surface area contributed by atoms with Crippen molar-refractivity contribution in [1.82, 2.24) is 19.5 Å². The van der Waals surface area contributed by atoms with Crippen molar-refractivity contribution in [3.8, 4) is 0 Å². The Balaban J connectivity index is 2.00. The molecule has 3 aromatic rings. The summed E-state index contributed by atoms with van der Waals surface area (Å²) in [5.74, 6) is 0.426. The zero-order valence-corrected chi connectivity index (χ0v) is 12.4. The number of alkyl halides is 1. The number of aliphatic hydroxyl groups is 1. The molecule has 8 heteroatoms. The number of fused-ring (bicyclic) bond motifs is 3. The van der Waals surface area contributed by atoms with Gasteiger partial charge in [-0.1, -0.05) is 0 Å². The number of aromatic nitrogens is 4. The van der Waals surface area contributed by atoms with E-state index in [1.807, 2.05) is 0 Å². The first-order chi connectivity index (χ1) is 11.1. The Bertz CT molecular complexity index is 888. The van der Waals surface area contributed by atoms with Crippen molar-refractivity contribution in [1.29, 1.82) is 0 Å². The van der Waals surface area contributed by atoms with Crippen LogP contribution in [-0.4, -0.2) is 43.4 Å². The van der Waals surface area contributed by atoms with Crippen molar-refractivity contribution in [3.05, 3.63) is 24.2 Å². The molecule has 120 valence electrons. The molecule has 1 aliphatic heterocycles. The lowest BCUT2D eigenvalue weighted by atomic mass is 10.0. The van der Waals surface area contributed by atoms with Gasteiger partial charge in [-0.2, -0.15) is 0 Å². The smallest absolute Gasteiger partial charge is 0.152 e. The standard InChI is InChI=1S/C15H16FN5O2/c16-6-10-20-12-13(21(10)7-15(22)3-5-23-8-15)11-9(19-14(12)17)2-1-4-18-11/h1-2,4,22H,3,5-8H2,(H2,17,19). The number of hydrogen-bond acceptors (Lipinski definition) is 6. The van der Waals surface area contributed by atoms with E-state index in [1.165, 1.54) is 0 Å². The van der Waals surface area contributed by atoms with E-state index < -0.39 is 12.3 Å². The molecule has 23 heavy (non-hydrogen) atoms. The normalized spacial score (nSPS) is 21.5. The highest BCUT2D eigenvalue weighted by Crippen LogP contribution is 2.30. The van der Waals surface area contributed by atoms with Gasteiger partial charge in [0.25, 0.3) is 0 Å². The van der Waals surface area contributed by atoms with Gasteiger partial charge in [-0.25, -0.2) is 14.4 Å². The molecule has 7 nitrogen and oxygen atoms in total. The number of hydrogen-bond donors (Lipinski definition) is 2. The van der Waals surface area contributed by atoms with Gasteiger partial charge >= 0.3 is 0 Å². The second-order valence-corrected chi connectivity index (χ2v) is 5.84. The highest BCUT2D eigenvalue weighted by molar-refractivity contribution is 6.04. The van der Waals surface area contributed by atoms with E-state index in [-0.39, 0.29) is 24.8 Å². The predicted octanol–water partition coefficient (Wildman–Crippen LogP) is 1.18. The Morgan fingerprint density at radius 1 is 1.39 bits per heavy atom. The number of nitrogens with zero attached hydrogens (tertiary/aromatic N) is 4. The highest BCUT2D eigenvalue weighted by Gasteiger charge is 2.34. The molecule has 0 spiro atoms. The Morgan fingerprint density at radius 3 is 3.00 bits per heavy atom. The summed E-state index contributed by atoms with van der Waals surface area (Å²) in [7, 11) is 0. The van der Waals surface area contributed by atoms with Gasteiger partial charge in [0.1, 0.15) is 34.7 Å². The fourth-order valence-corrected chi connectivity index (χ4v) is 3.06. The number of nitrogens with two attached hydrogens (primary N) is 1. The maximum absolute atomic E-state index is 13.5. The zero-order valence-electron chi connectivity index (χ0n) is 12.4. The van der Waals surface area contributed by atoms with Crippen LogP contribution in [0.2, 0.25) is 0 Å².